The molecule has 5 rings (SSSR count). The Kier molecular flexibility index (Phi) is 6.15. The minimum absolute atomic E-state index is 0.767. The summed E-state index contributed by atoms with van der Waals surface area (Å²) < 4.78 is 5.19. The van der Waals surface area contributed by atoms with Gasteiger partial charge < -0.3 is 15.0 Å². The van der Waals surface area contributed by atoms with Crippen LogP contribution in [-0.4, -0.2) is 76.3 Å². The largest absolute Gasteiger partial charge is 0.383 e. The number of anilines is 3. The molecule has 4 aromatic rings. The number of ether oxygens (including phenoxy) is 1. The first-order valence-electron chi connectivity index (χ1n) is 10.5. The third-order valence-electron chi connectivity index (χ3n) is 5.44. The highest BCUT2D eigenvalue weighted by atomic mass is 32.1. The van der Waals surface area contributed by atoms with Gasteiger partial charge in [0.2, 0.25) is 0 Å². The molecule has 4 aromatic heterocycles. The fourth-order valence-corrected chi connectivity index (χ4v) is 4.55. The molecule has 1 aliphatic rings. The molecule has 1 aliphatic heterocycles. The molecule has 164 valence electrons. The van der Waals surface area contributed by atoms with Crippen molar-refractivity contribution in [1.82, 2.24) is 29.8 Å². The molecule has 0 bridgehead atoms. The molecule has 0 aliphatic carbocycles. The average molecular weight is 449 g/mol. The summed E-state index contributed by atoms with van der Waals surface area (Å²) in [4.78, 5) is 27.7. The molecule has 0 atom stereocenters. The SMILES string of the molecule is COCCN1CCN(c2ccnc(Nc3nc4ccc(-c5cncnc5)nc4s3)c2)CC1. The van der Waals surface area contributed by atoms with Crippen LogP contribution in [0.4, 0.5) is 16.6 Å². The number of rotatable bonds is 7. The van der Waals surface area contributed by atoms with E-state index in [0.29, 0.717) is 0 Å². The lowest BCUT2D eigenvalue weighted by Crippen LogP contribution is -2.47. The fraction of sp³-hybridized carbons (Fsp3) is 0.318. The predicted octanol–water partition coefficient (Wildman–Crippen LogP) is 3.06. The minimum Gasteiger partial charge on any atom is -0.383 e. The summed E-state index contributed by atoms with van der Waals surface area (Å²) in [6.45, 7) is 5.81. The van der Waals surface area contributed by atoms with Crippen molar-refractivity contribution in [3.05, 3.63) is 49.2 Å². The Morgan fingerprint density at radius 2 is 1.91 bits per heavy atom. The van der Waals surface area contributed by atoms with Gasteiger partial charge in [-0.25, -0.2) is 24.9 Å². The van der Waals surface area contributed by atoms with Crippen molar-refractivity contribution < 1.29 is 4.74 Å². The Morgan fingerprint density at radius 3 is 2.72 bits per heavy atom. The van der Waals surface area contributed by atoms with Crippen molar-refractivity contribution in [2.24, 2.45) is 0 Å². The second-order valence-corrected chi connectivity index (χ2v) is 8.49. The molecule has 0 spiro atoms. The minimum atomic E-state index is 0.767. The number of nitrogens with zero attached hydrogens (tertiary/aromatic N) is 7. The predicted molar refractivity (Wildman–Crippen MR) is 126 cm³/mol. The van der Waals surface area contributed by atoms with Crippen LogP contribution in [0, 0.1) is 0 Å². The molecule has 0 unspecified atom stereocenters. The number of aromatic nitrogens is 5. The Bertz CT molecular complexity index is 1180. The summed E-state index contributed by atoms with van der Waals surface area (Å²) >= 11 is 1.50. The van der Waals surface area contributed by atoms with Crippen LogP contribution in [0.5, 0.6) is 0 Å². The standard InChI is InChI=1S/C22H24N8OS/c1-31-11-10-29-6-8-30(9-7-29)17-4-5-25-20(12-17)28-22-27-19-3-2-18(26-21(19)32-22)16-13-23-15-24-14-16/h2-5,12-15H,6-11H2,1H3,(H,25,27,28). The molecule has 1 fully saturated rings. The smallest absolute Gasteiger partial charge is 0.190 e. The zero-order valence-corrected chi connectivity index (χ0v) is 18.6. The molecular weight excluding hydrogens is 424 g/mol. The number of hydrogen-bond acceptors (Lipinski definition) is 10. The van der Waals surface area contributed by atoms with E-state index in [-0.39, 0.29) is 0 Å². The van der Waals surface area contributed by atoms with Crippen molar-refractivity contribution in [2.45, 2.75) is 0 Å². The number of methoxy groups -OCH3 is 1. The van der Waals surface area contributed by atoms with Gasteiger partial charge in [0.15, 0.2) is 5.13 Å². The summed E-state index contributed by atoms with van der Waals surface area (Å²) in [6.07, 6.45) is 6.87. The molecular formula is C22H24N8OS. The highest BCUT2D eigenvalue weighted by Gasteiger charge is 2.17. The molecule has 5 heterocycles. The normalized spacial score (nSPS) is 14.7. The van der Waals surface area contributed by atoms with Gasteiger partial charge >= 0.3 is 0 Å². The quantitative estimate of drug-likeness (QED) is 0.458. The van der Waals surface area contributed by atoms with Crippen molar-refractivity contribution in [1.29, 1.82) is 0 Å². The zero-order chi connectivity index (χ0) is 21.8. The van der Waals surface area contributed by atoms with E-state index in [0.717, 1.165) is 71.9 Å². The highest BCUT2D eigenvalue weighted by Crippen LogP contribution is 2.29. The number of fused-ring (bicyclic) bond motifs is 1. The third-order valence-corrected chi connectivity index (χ3v) is 6.32. The lowest BCUT2D eigenvalue weighted by Gasteiger charge is -2.36. The molecule has 32 heavy (non-hydrogen) atoms. The van der Waals surface area contributed by atoms with E-state index in [1.54, 1.807) is 19.5 Å². The average Bonchev–Trinajstić information content (AvgIpc) is 3.25. The number of piperazine rings is 1. The maximum Gasteiger partial charge on any atom is 0.190 e. The number of nitrogens with one attached hydrogen (secondary N) is 1. The Morgan fingerprint density at radius 1 is 1.06 bits per heavy atom. The monoisotopic (exact) mass is 448 g/mol. The van der Waals surface area contributed by atoms with Gasteiger partial charge in [-0.05, 0) is 18.2 Å². The molecule has 0 amide bonds. The van der Waals surface area contributed by atoms with E-state index < -0.39 is 0 Å². The van der Waals surface area contributed by atoms with E-state index in [4.69, 9.17) is 9.72 Å². The van der Waals surface area contributed by atoms with Crippen LogP contribution >= 0.6 is 11.3 Å². The van der Waals surface area contributed by atoms with Gasteiger partial charge in [0.05, 0.1) is 12.3 Å². The maximum absolute atomic E-state index is 5.19. The molecule has 1 saturated heterocycles. The van der Waals surface area contributed by atoms with Crippen LogP contribution < -0.4 is 10.2 Å². The number of pyridine rings is 2. The fourth-order valence-electron chi connectivity index (χ4n) is 3.71. The van der Waals surface area contributed by atoms with Crippen LogP contribution in [0.3, 0.4) is 0 Å². The second kappa shape index (κ2) is 9.51. The Hall–Kier alpha value is -3.21. The number of thiazole rings is 1. The van der Waals surface area contributed by atoms with Crippen molar-refractivity contribution >= 4 is 38.3 Å². The summed E-state index contributed by atoms with van der Waals surface area (Å²) in [7, 11) is 1.75. The van der Waals surface area contributed by atoms with Gasteiger partial charge in [-0.3, -0.25) is 4.90 Å². The van der Waals surface area contributed by atoms with Crippen LogP contribution in [0.1, 0.15) is 0 Å². The van der Waals surface area contributed by atoms with E-state index in [1.807, 2.05) is 18.3 Å². The third kappa shape index (κ3) is 4.67. The summed E-state index contributed by atoms with van der Waals surface area (Å²) in [5.41, 5.74) is 3.73. The van der Waals surface area contributed by atoms with Gasteiger partial charge in [0, 0.05) is 75.7 Å². The van der Waals surface area contributed by atoms with E-state index >= 15 is 0 Å². The van der Waals surface area contributed by atoms with Crippen LogP contribution in [0.25, 0.3) is 21.6 Å². The van der Waals surface area contributed by atoms with E-state index in [1.165, 1.54) is 23.4 Å². The van der Waals surface area contributed by atoms with Crippen molar-refractivity contribution in [3.8, 4) is 11.3 Å². The van der Waals surface area contributed by atoms with Gasteiger partial charge in [-0.2, -0.15) is 0 Å². The van der Waals surface area contributed by atoms with Crippen LogP contribution in [0.15, 0.2) is 49.2 Å². The first-order chi connectivity index (χ1) is 15.8. The van der Waals surface area contributed by atoms with Gasteiger partial charge in [-0.15, -0.1) is 0 Å². The second-order valence-electron chi connectivity index (χ2n) is 7.51. The van der Waals surface area contributed by atoms with Gasteiger partial charge in [0.25, 0.3) is 0 Å². The topological polar surface area (TPSA) is 92.2 Å². The molecule has 0 radical (unpaired) electrons. The Balaban J connectivity index is 1.28. The zero-order valence-electron chi connectivity index (χ0n) is 17.8. The molecule has 10 heteroatoms. The highest BCUT2D eigenvalue weighted by molar-refractivity contribution is 7.21. The lowest BCUT2D eigenvalue weighted by atomic mass is 10.2. The van der Waals surface area contributed by atoms with E-state index in [9.17, 15) is 0 Å². The maximum atomic E-state index is 5.19. The van der Waals surface area contributed by atoms with Crippen LogP contribution in [0.2, 0.25) is 0 Å². The molecule has 0 aromatic carbocycles. The molecule has 1 N–H and O–H groups in total. The summed E-state index contributed by atoms with van der Waals surface area (Å²) in [6, 6.07) is 8.05. The number of hydrogen-bond donors (Lipinski definition) is 1. The molecule has 0 saturated carbocycles. The van der Waals surface area contributed by atoms with E-state index in [2.05, 4.69) is 47.2 Å². The van der Waals surface area contributed by atoms with Crippen molar-refractivity contribution in [2.75, 3.05) is 56.7 Å². The first-order valence-corrected chi connectivity index (χ1v) is 11.3. The summed E-state index contributed by atoms with van der Waals surface area (Å²) in [5.74, 6) is 0.778. The first kappa shape index (κ1) is 20.7. The van der Waals surface area contributed by atoms with Gasteiger partial charge in [-0.1, -0.05) is 11.3 Å². The van der Waals surface area contributed by atoms with Crippen molar-refractivity contribution in [3.63, 3.8) is 0 Å². The van der Waals surface area contributed by atoms with Gasteiger partial charge in [0.1, 0.15) is 22.5 Å². The summed E-state index contributed by atoms with van der Waals surface area (Å²) in [5, 5.41) is 4.11. The lowest BCUT2D eigenvalue weighted by molar-refractivity contribution is 0.144. The Labute approximate surface area is 190 Å². The molecule has 9 nitrogen and oxygen atoms in total. The van der Waals surface area contributed by atoms with Crippen LogP contribution in [-0.2, 0) is 4.74 Å².